The number of hydrogen-bond donors (Lipinski definition) is 2. The predicted octanol–water partition coefficient (Wildman–Crippen LogP) is 6.51. The van der Waals surface area contributed by atoms with Crippen molar-refractivity contribution in [1.82, 2.24) is 5.32 Å². The van der Waals surface area contributed by atoms with Gasteiger partial charge in [-0.25, -0.2) is 0 Å². The van der Waals surface area contributed by atoms with Gasteiger partial charge in [0.15, 0.2) is 0 Å². The number of ether oxygens (including phenoxy) is 1. The zero-order chi connectivity index (χ0) is 25.2. The van der Waals surface area contributed by atoms with Crippen LogP contribution in [-0.2, 0) is 9.59 Å². The number of nitrogens with one attached hydrogen (secondary N) is 1. The van der Waals surface area contributed by atoms with Crippen LogP contribution in [0.5, 0.6) is 5.75 Å². The Kier molecular flexibility index (Phi) is 10.6. The summed E-state index contributed by atoms with van der Waals surface area (Å²) in [6, 6.07) is 11.4. The number of carbonyl (C=O) groups is 2. The molecule has 35 heavy (non-hydrogen) atoms. The maximum absolute atomic E-state index is 12.7. The predicted molar refractivity (Wildman–Crippen MR) is 142 cm³/mol. The fourth-order valence-corrected chi connectivity index (χ4v) is 5.50. The number of benzene rings is 2. The second-order valence-electron chi connectivity index (χ2n) is 10.3. The molecule has 0 aliphatic carbocycles. The number of fused-ring (bicyclic) bond motifs is 1. The van der Waals surface area contributed by atoms with Crippen molar-refractivity contribution in [1.29, 1.82) is 0 Å². The quantitative estimate of drug-likeness (QED) is 0.183. The first-order chi connectivity index (χ1) is 17.0. The lowest BCUT2D eigenvalue weighted by Gasteiger charge is -2.26. The topological polar surface area (TPSA) is 75.6 Å². The molecule has 1 aliphatic rings. The summed E-state index contributed by atoms with van der Waals surface area (Å²) in [7, 11) is 0. The molecule has 5 nitrogen and oxygen atoms in total. The summed E-state index contributed by atoms with van der Waals surface area (Å²) in [4.78, 5) is 25.2. The summed E-state index contributed by atoms with van der Waals surface area (Å²) in [6.07, 6.45) is 11.3. The van der Waals surface area contributed by atoms with Gasteiger partial charge in [0, 0.05) is 23.6 Å². The van der Waals surface area contributed by atoms with Gasteiger partial charge in [-0.2, -0.15) is 0 Å². The molecule has 0 radical (unpaired) electrons. The fourth-order valence-electron chi connectivity index (χ4n) is 5.50. The maximum atomic E-state index is 12.7. The molecule has 3 atom stereocenters. The van der Waals surface area contributed by atoms with Crippen molar-refractivity contribution < 1.29 is 19.4 Å². The summed E-state index contributed by atoms with van der Waals surface area (Å²) in [5.74, 6) is 0.148. The average molecular weight is 482 g/mol. The van der Waals surface area contributed by atoms with Crippen molar-refractivity contribution in [3.63, 3.8) is 0 Å². The first kappa shape index (κ1) is 27.2. The number of aliphatic hydroxyl groups excluding tert-OH is 1. The Morgan fingerprint density at radius 1 is 0.943 bits per heavy atom. The van der Waals surface area contributed by atoms with Crippen LogP contribution in [0.3, 0.4) is 0 Å². The third-order valence-electron chi connectivity index (χ3n) is 7.35. The number of amides is 1. The van der Waals surface area contributed by atoms with E-state index in [9.17, 15) is 14.7 Å². The minimum atomic E-state index is -0.321. The van der Waals surface area contributed by atoms with Crippen LogP contribution in [0.1, 0.15) is 96.5 Å². The van der Waals surface area contributed by atoms with Crippen molar-refractivity contribution in [2.75, 3.05) is 6.61 Å². The van der Waals surface area contributed by atoms with E-state index in [0.717, 1.165) is 29.2 Å². The first-order valence-electron chi connectivity index (χ1n) is 13.6. The molecule has 0 bridgehead atoms. The fraction of sp³-hybridized carbons (Fsp3) is 0.600. The van der Waals surface area contributed by atoms with E-state index in [1.54, 1.807) is 0 Å². The van der Waals surface area contributed by atoms with E-state index in [0.29, 0.717) is 12.2 Å². The summed E-state index contributed by atoms with van der Waals surface area (Å²) in [5.41, 5.74) is 1.01. The Hall–Kier alpha value is -2.40. The van der Waals surface area contributed by atoms with Crippen LogP contribution in [0.2, 0.25) is 0 Å². The average Bonchev–Trinajstić information content (AvgIpc) is 3.19. The minimum Gasteiger partial charge on any atom is -0.426 e. The standard InChI is InChI=1S/C30H43NO4/c1-4-5-6-7-8-9-10-11-12-17-27(33)35-26-19-18-24(22-15-13-14-16-23(22)26)29-25(20-32)31-30(34)28(29)21(2)3/h13-16,18-19,21,25,28-29,32H,4-12,17,20H2,1-3H3,(H,31,34)/t25-,28-,29-/m1/s1. The molecule has 5 heteroatoms. The number of carbonyl (C=O) groups excluding carboxylic acids is 2. The number of aliphatic hydroxyl groups is 1. The van der Waals surface area contributed by atoms with Crippen LogP contribution < -0.4 is 10.1 Å². The molecule has 1 saturated heterocycles. The van der Waals surface area contributed by atoms with Crippen LogP contribution in [0, 0.1) is 11.8 Å². The van der Waals surface area contributed by atoms with Crippen molar-refractivity contribution >= 4 is 22.6 Å². The second-order valence-corrected chi connectivity index (χ2v) is 10.3. The Morgan fingerprint density at radius 2 is 1.57 bits per heavy atom. The van der Waals surface area contributed by atoms with Gasteiger partial charge in [0.05, 0.1) is 12.6 Å². The molecular formula is C30H43NO4. The first-order valence-corrected chi connectivity index (χ1v) is 13.6. The van der Waals surface area contributed by atoms with E-state index in [1.165, 1.54) is 44.9 Å². The van der Waals surface area contributed by atoms with Gasteiger partial charge in [-0.1, -0.05) is 102 Å². The van der Waals surface area contributed by atoms with Crippen molar-refractivity contribution in [3.8, 4) is 5.75 Å². The molecule has 1 aliphatic heterocycles. The summed E-state index contributed by atoms with van der Waals surface area (Å²) in [5, 5.41) is 14.8. The molecule has 2 aromatic carbocycles. The lowest BCUT2D eigenvalue weighted by molar-refractivity contribution is -0.134. The highest BCUT2D eigenvalue weighted by Crippen LogP contribution is 2.42. The molecule has 0 spiro atoms. The van der Waals surface area contributed by atoms with E-state index in [4.69, 9.17) is 4.74 Å². The van der Waals surface area contributed by atoms with E-state index >= 15 is 0 Å². The Bertz CT molecular complexity index is 970. The third-order valence-corrected chi connectivity index (χ3v) is 7.35. The number of hydrogen-bond acceptors (Lipinski definition) is 4. The third kappa shape index (κ3) is 7.07. The van der Waals surface area contributed by atoms with Crippen LogP contribution in [-0.4, -0.2) is 29.6 Å². The van der Waals surface area contributed by atoms with Crippen LogP contribution >= 0.6 is 0 Å². The van der Waals surface area contributed by atoms with E-state index in [1.807, 2.05) is 50.2 Å². The zero-order valence-electron chi connectivity index (χ0n) is 21.7. The summed E-state index contributed by atoms with van der Waals surface area (Å²) < 4.78 is 5.80. The summed E-state index contributed by atoms with van der Waals surface area (Å²) in [6.45, 7) is 6.22. The molecule has 1 fully saturated rings. The van der Waals surface area contributed by atoms with Gasteiger partial charge in [0.2, 0.25) is 5.91 Å². The highest BCUT2D eigenvalue weighted by molar-refractivity contribution is 5.94. The Labute approximate surface area is 210 Å². The molecule has 0 aromatic heterocycles. The van der Waals surface area contributed by atoms with Gasteiger partial charge in [0.1, 0.15) is 5.75 Å². The van der Waals surface area contributed by atoms with Crippen molar-refractivity contribution in [3.05, 3.63) is 42.0 Å². The lowest BCUT2D eigenvalue weighted by atomic mass is 9.77. The molecule has 2 aromatic rings. The summed E-state index contributed by atoms with van der Waals surface area (Å²) >= 11 is 0. The Balaban J connectivity index is 1.64. The largest absolute Gasteiger partial charge is 0.426 e. The van der Waals surface area contributed by atoms with Gasteiger partial charge in [-0.3, -0.25) is 9.59 Å². The molecule has 1 amide bonds. The maximum Gasteiger partial charge on any atom is 0.311 e. The van der Waals surface area contributed by atoms with Crippen LogP contribution in [0.25, 0.3) is 10.8 Å². The number of unbranched alkanes of at least 4 members (excludes halogenated alkanes) is 8. The highest BCUT2D eigenvalue weighted by atomic mass is 16.5. The van der Waals surface area contributed by atoms with E-state index in [2.05, 4.69) is 12.2 Å². The molecule has 0 saturated carbocycles. The zero-order valence-corrected chi connectivity index (χ0v) is 21.7. The molecule has 1 heterocycles. The number of esters is 1. The normalized spacial score (nSPS) is 19.9. The van der Waals surface area contributed by atoms with E-state index < -0.39 is 0 Å². The van der Waals surface area contributed by atoms with Gasteiger partial charge >= 0.3 is 5.97 Å². The van der Waals surface area contributed by atoms with Gasteiger partial charge in [0.25, 0.3) is 0 Å². The van der Waals surface area contributed by atoms with Crippen molar-refractivity contribution in [2.45, 2.75) is 96.9 Å². The highest BCUT2D eigenvalue weighted by Gasteiger charge is 2.44. The number of rotatable bonds is 14. The molecule has 0 unspecified atom stereocenters. The molecular weight excluding hydrogens is 438 g/mol. The molecule has 2 N–H and O–H groups in total. The van der Waals surface area contributed by atoms with Crippen LogP contribution in [0.4, 0.5) is 0 Å². The Morgan fingerprint density at radius 3 is 2.20 bits per heavy atom. The van der Waals surface area contributed by atoms with Gasteiger partial charge < -0.3 is 15.2 Å². The monoisotopic (exact) mass is 481 g/mol. The van der Waals surface area contributed by atoms with Gasteiger partial charge in [-0.05, 0) is 29.4 Å². The molecule has 192 valence electrons. The van der Waals surface area contributed by atoms with Crippen LogP contribution in [0.15, 0.2) is 36.4 Å². The second kappa shape index (κ2) is 13.6. The SMILES string of the molecule is CCCCCCCCCCCC(=O)Oc1ccc([C@H]2[C@@H](C(C)C)C(=O)N[C@@H]2CO)c2ccccc12. The molecule has 3 rings (SSSR count). The van der Waals surface area contributed by atoms with Crippen molar-refractivity contribution in [2.24, 2.45) is 11.8 Å². The van der Waals surface area contributed by atoms with E-state index in [-0.39, 0.29) is 42.3 Å². The lowest BCUT2D eigenvalue weighted by Crippen LogP contribution is -2.31. The smallest absolute Gasteiger partial charge is 0.311 e. The minimum absolute atomic E-state index is 0.00963. The van der Waals surface area contributed by atoms with Gasteiger partial charge in [-0.15, -0.1) is 0 Å².